The molecule has 0 aliphatic carbocycles. The van der Waals surface area contributed by atoms with E-state index >= 15 is 0 Å². The van der Waals surface area contributed by atoms with E-state index in [1.165, 1.54) is 17.5 Å². The van der Waals surface area contributed by atoms with Crippen molar-refractivity contribution in [3.8, 4) is 11.3 Å². The lowest BCUT2D eigenvalue weighted by Crippen LogP contribution is -2.27. The first kappa shape index (κ1) is 19.6. The van der Waals surface area contributed by atoms with Crippen molar-refractivity contribution in [3.05, 3.63) is 59.0 Å². The van der Waals surface area contributed by atoms with E-state index in [-0.39, 0.29) is 0 Å². The number of rotatable bonds is 6. The largest absolute Gasteiger partial charge is 0.353 e. The minimum Gasteiger partial charge on any atom is -0.353 e. The first-order chi connectivity index (χ1) is 14.0. The molecule has 29 heavy (non-hydrogen) atoms. The Morgan fingerprint density at radius 1 is 1.14 bits per heavy atom. The van der Waals surface area contributed by atoms with E-state index in [1.807, 2.05) is 30.9 Å². The molecule has 1 fully saturated rings. The van der Waals surface area contributed by atoms with Crippen LogP contribution in [0.3, 0.4) is 0 Å². The molecule has 1 unspecified atom stereocenters. The summed E-state index contributed by atoms with van der Waals surface area (Å²) in [6.45, 7) is 10.4. The molecule has 6 nitrogen and oxygen atoms in total. The molecular weight excluding hydrogens is 360 g/mol. The summed E-state index contributed by atoms with van der Waals surface area (Å²) in [4.78, 5) is 11.7. The Morgan fingerprint density at radius 3 is 2.72 bits per heavy atom. The highest BCUT2D eigenvalue weighted by molar-refractivity contribution is 5.65. The molecule has 0 bridgehead atoms. The van der Waals surface area contributed by atoms with Gasteiger partial charge in [0, 0.05) is 44.1 Å². The Balaban J connectivity index is 1.34. The lowest BCUT2D eigenvalue weighted by atomic mass is 9.94. The molecule has 0 saturated carbocycles. The van der Waals surface area contributed by atoms with Crippen LogP contribution in [0.15, 0.2) is 36.5 Å². The average Bonchev–Trinajstić information content (AvgIpc) is 3.27. The van der Waals surface area contributed by atoms with Crippen molar-refractivity contribution in [2.75, 3.05) is 31.5 Å². The lowest BCUT2D eigenvalue weighted by Gasteiger charge is -2.17. The number of anilines is 1. The van der Waals surface area contributed by atoms with Gasteiger partial charge < -0.3 is 10.2 Å². The highest BCUT2D eigenvalue weighted by atomic mass is 15.3. The van der Waals surface area contributed by atoms with Gasteiger partial charge >= 0.3 is 0 Å². The van der Waals surface area contributed by atoms with Crippen molar-refractivity contribution in [1.82, 2.24) is 24.6 Å². The normalized spacial score (nSPS) is 17.0. The second kappa shape index (κ2) is 8.33. The fourth-order valence-corrected chi connectivity index (χ4v) is 4.39. The van der Waals surface area contributed by atoms with Gasteiger partial charge in [-0.05, 0) is 56.8 Å². The number of aryl methyl sites for hydroxylation is 3. The minimum absolute atomic E-state index is 0.646. The van der Waals surface area contributed by atoms with Crippen molar-refractivity contribution in [2.24, 2.45) is 7.05 Å². The van der Waals surface area contributed by atoms with Crippen molar-refractivity contribution < 1.29 is 0 Å². The number of hydrogen-bond donors (Lipinski definition) is 1. The highest BCUT2D eigenvalue weighted by Crippen LogP contribution is 2.29. The third kappa shape index (κ3) is 4.17. The van der Waals surface area contributed by atoms with Gasteiger partial charge in [-0.15, -0.1) is 0 Å². The fourth-order valence-electron chi connectivity index (χ4n) is 4.39. The van der Waals surface area contributed by atoms with Crippen LogP contribution < -0.4 is 5.32 Å². The summed E-state index contributed by atoms with van der Waals surface area (Å²) in [5.41, 5.74) is 7.04. The van der Waals surface area contributed by atoms with Gasteiger partial charge in [0.05, 0.1) is 11.4 Å². The van der Waals surface area contributed by atoms with Crippen LogP contribution in [-0.4, -0.2) is 50.8 Å². The maximum absolute atomic E-state index is 4.72. The first-order valence-electron chi connectivity index (χ1n) is 10.4. The minimum atomic E-state index is 0.646. The van der Waals surface area contributed by atoms with Gasteiger partial charge in [-0.25, -0.2) is 9.97 Å². The molecule has 1 atom stereocenters. The quantitative estimate of drug-likeness (QED) is 0.695. The van der Waals surface area contributed by atoms with Crippen molar-refractivity contribution in [2.45, 2.75) is 33.1 Å². The van der Waals surface area contributed by atoms with E-state index in [0.29, 0.717) is 11.9 Å². The smallest absolute Gasteiger partial charge is 0.223 e. The molecular formula is C23H30N6. The predicted molar refractivity (Wildman–Crippen MR) is 117 cm³/mol. The van der Waals surface area contributed by atoms with Gasteiger partial charge in [-0.1, -0.05) is 24.3 Å². The molecule has 4 rings (SSSR count). The van der Waals surface area contributed by atoms with E-state index in [4.69, 9.17) is 4.98 Å². The molecule has 0 spiro atoms. The van der Waals surface area contributed by atoms with Crippen LogP contribution in [0.25, 0.3) is 11.3 Å². The van der Waals surface area contributed by atoms with Crippen LogP contribution in [0.5, 0.6) is 0 Å². The molecule has 1 aliphatic heterocycles. The van der Waals surface area contributed by atoms with Crippen LogP contribution >= 0.6 is 0 Å². The van der Waals surface area contributed by atoms with Crippen molar-refractivity contribution in [3.63, 3.8) is 0 Å². The summed E-state index contributed by atoms with van der Waals surface area (Å²) < 4.78 is 1.90. The first-order valence-corrected chi connectivity index (χ1v) is 10.4. The van der Waals surface area contributed by atoms with Gasteiger partial charge in [0.25, 0.3) is 0 Å². The number of hydrogen-bond acceptors (Lipinski definition) is 5. The monoisotopic (exact) mass is 390 g/mol. The SMILES string of the molecule is Cc1ccccc1C1CCN(CCNc2nccc(-c3c(C)nn(C)c3C)n2)C1. The molecule has 0 radical (unpaired) electrons. The molecule has 1 aromatic carbocycles. The van der Waals surface area contributed by atoms with E-state index in [1.54, 1.807) is 0 Å². The summed E-state index contributed by atoms with van der Waals surface area (Å²) in [6, 6.07) is 10.7. The van der Waals surface area contributed by atoms with Gasteiger partial charge in [-0.3, -0.25) is 4.68 Å². The summed E-state index contributed by atoms with van der Waals surface area (Å²) in [6.07, 6.45) is 3.05. The Labute approximate surface area is 173 Å². The molecule has 152 valence electrons. The van der Waals surface area contributed by atoms with Gasteiger partial charge in [0.1, 0.15) is 0 Å². The third-order valence-corrected chi connectivity index (χ3v) is 6.03. The summed E-state index contributed by atoms with van der Waals surface area (Å²) in [5, 5.41) is 7.90. The van der Waals surface area contributed by atoms with Crippen molar-refractivity contribution in [1.29, 1.82) is 0 Å². The van der Waals surface area contributed by atoms with E-state index in [9.17, 15) is 0 Å². The lowest BCUT2D eigenvalue weighted by molar-refractivity contribution is 0.347. The Kier molecular flexibility index (Phi) is 5.62. The molecule has 2 aromatic heterocycles. The zero-order chi connectivity index (χ0) is 20.4. The maximum Gasteiger partial charge on any atom is 0.223 e. The highest BCUT2D eigenvalue weighted by Gasteiger charge is 2.24. The molecule has 1 aliphatic rings. The molecule has 6 heteroatoms. The van der Waals surface area contributed by atoms with E-state index < -0.39 is 0 Å². The molecule has 0 amide bonds. The van der Waals surface area contributed by atoms with Crippen molar-refractivity contribution >= 4 is 5.95 Å². The zero-order valence-electron chi connectivity index (χ0n) is 17.8. The predicted octanol–water partition coefficient (Wildman–Crippen LogP) is 3.70. The van der Waals surface area contributed by atoms with Crippen LogP contribution in [0.2, 0.25) is 0 Å². The molecule has 3 heterocycles. The summed E-state index contributed by atoms with van der Waals surface area (Å²) >= 11 is 0. The zero-order valence-corrected chi connectivity index (χ0v) is 17.8. The summed E-state index contributed by atoms with van der Waals surface area (Å²) in [7, 11) is 1.96. The number of benzene rings is 1. The number of aromatic nitrogens is 4. The molecule has 1 N–H and O–H groups in total. The topological polar surface area (TPSA) is 58.9 Å². The Bertz CT molecular complexity index is 993. The fraction of sp³-hybridized carbons (Fsp3) is 0.435. The Morgan fingerprint density at radius 2 is 1.97 bits per heavy atom. The average molecular weight is 391 g/mol. The maximum atomic E-state index is 4.72. The Hall–Kier alpha value is -2.73. The third-order valence-electron chi connectivity index (χ3n) is 6.03. The summed E-state index contributed by atoms with van der Waals surface area (Å²) in [5.74, 6) is 1.33. The van der Waals surface area contributed by atoms with Crippen LogP contribution in [0, 0.1) is 20.8 Å². The van der Waals surface area contributed by atoms with Crippen LogP contribution in [-0.2, 0) is 7.05 Å². The van der Waals surface area contributed by atoms with Crippen LogP contribution in [0.4, 0.5) is 5.95 Å². The van der Waals surface area contributed by atoms with E-state index in [2.05, 4.69) is 58.4 Å². The van der Waals surface area contributed by atoms with Gasteiger partial charge in [-0.2, -0.15) is 5.10 Å². The van der Waals surface area contributed by atoms with Gasteiger partial charge in [0.2, 0.25) is 5.95 Å². The van der Waals surface area contributed by atoms with Crippen LogP contribution in [0.1, 0.15) is 34.9 Å². The van der Waals surface area contributed by atoms with Gasteiger partial charge in [0.15, 0.2) is 0 Å². The second-order valence-corrected chi connectivity index (χ2v) is 8.00. The standard InChI is InChI=1S/C23H30N6/c1-16-7-5-6-8-20(16)19-10-13-29(15-19)14-12-25-23-24-11-9-21(26-23)22-17(2)27-28(4)18(22)3/h5-9,11,19H,10,12-15H2,1-4H3,(H,24,25,26). The number of nitrogens with zero attached hydrogens (tertiary/aromatic N) is 5. The van der Waals surface area contributed by atoms with E-state index in [0.717, 1.165) is 48.8 Å². The molecule has 3 aromatic rings. The second-order valence-electron chi connectivity index (χ2n) is 8.00. The number of nitrogens with one attached hydrogen (secondary N) is 1. The number of likely N-dealkylation sites (tertiary alicyclic amines) is 1. The molecule has 1 saturated heterocycles.